The maximum absolute atomic E-state index is 5.79. The summed E-state index contributed by atoms with van der Waals surface area (Å²) in [6.07, 6.45) is 2.62. The average molecular weight is 181 g/mol. The van der Waals surface area contributed by atoms with Crippen molar-refractivity contribution in [1.29, 1.82) is 0 Å². The lowest BCUT2D eigenvalue weighted by Gasteiger charge is -2.10. The third-order valence-electron chi connectivity index (χ3n) is 1.94. The minimum Gasteiger partial charge on any atom is -0.326 e. The van der Waals surface area contributed by atoms with Gasteiger partial charge in [-0.25, -0.2) is 0 Å². The topological polar surface area (TPSA) is 64.4 Å². The lowest BCUT2D eigenvalue weighted by Crippen LogP contribution is -2.12. The molecule has 0 saturated heterocycles. The molecular formula is C8H11N3S. The Kier molecular flexibility index (Phi) is 1.96. The van der Waals surface area contributed by atoms with Crippen molar-refractivity contribution in [2.75, 3.05) is 0 Å². The largest absolute Gasteiger partial charge is 0.326 e. The first-order valence-electron chi connectivity index (χ1n) is 3.90. The number of hydrogen-bond donors (Lipinski definition) is 2. The molecule has 4 N–H and O–H groups in total. The Morgan fingerprint density at radius 3 is 3.17 bits per heavy atom. The lowest BCUT2D eigenvalue weighted by atomic mass is 10.1. The molecule has 0 aliphatic carbocycles. The molecule has 0 aromatic carbocycles. The van der Waals surface area contributed by atoms with Crippen molar-refractivity contribution in [3.63, 3.8) is 0 Å². The molecule has 2 rings (SSSR count). The molecule has 1 aromatic rings. The average Bonchev–Trinajstić information content (AvgIpc) is 2.49. The van der Waals surface area contributed by atoms with Gasteiger partial charge in [-0.3, -0.25) is 4.99 Å². The second-order valence-electron chi connectivity index (χ2n) is 2.79. The van der Waals surface area contributed by atoms with Crippen LogP contribution in [0.15, 0.2) is 11.1 Å². The van der Waals surface area contributed by atoms with E-state index in [1.54, 1.807) is 11.3 Å². The fourth-order valence-electron chi connectivity index (χ4n) is 1.34. The van der Waals surface area contributed by atoms with Gasteiger partial charge in [0.1, 0.15) is 6.17 Å². The standard InChI is InChI=1S/C8H11N3S/c9-4-6-3-5-1-2-11-8(10)7(5)12-6/h2-3,8H,1,4,9-10H2. The molecule has 0 bridgehead atoms. The highest BCUT2D eigenvalue weighted by Crippen LogP contribution is 2.30. The summed E-state index contributed by atoms with van der Waals surface area (Å²) in [6.45, 7) is 0.602. The predicted octanol–water partition coefficient (Wildman–Crippen LogP) is 0.791. The second kappa shape index (κ2) is 2.97. The van der Waals surface area contributed by atoms with Gasteiger partial charge < -0.3 is 11.5 Å². The van der Waals surface area contributed by atoms with Crippen LogP contribution in [-0.2, 0) is 13.0 Å². The van der Waals surface area contributed by atoms with Crippen molar-refractivity contribution in [2.24, 2.45) is 16.5 Å². The van der Waals surface area contributed by atoms with Gasteiger partial charge in [0.15, 0.2) is 0 Å². The van der Waals surface area contributed by atoms with Gasteiger partial charge in [0.25, 0.3) is 0 Å². The molecule has 64 valence electrons. The Morgan fingerprint density at radius 2 is 2.50 bits per heavy atom. The predicted molar refractivity (Wildman–Crippen MR) is 51.3 cm³/mol. The first-order chi connectivity index (χ1) is 5.81. The third-order valence-corrected chi connectivity index (χ3v) is 3.21. The van der Waals surface area contributed by atoms with E-state index >= 15 is 0 Å². The number of nitrogens with zero attached hydrogens (tertiary/aromatic N) is 1. The summed E-state index contributed by atoms with van der Waals surface area (Å²) in [5.41, 5.74) is 12.6. The maximum atomic E-state index is 5.79. The van der Waals surface area contributed by atoms with Gasteiger partial charge in [-0.05, 0) is 11.6 Å². The smallest absolute Gasteiger partial charge is 0.132 e. The monoisotopic (exact) mass is 181 g/mol. The van der Waals surface area contributed by atoms with Crippen molar-refractivity contribution in [2.45, 2.75) is 19.1 Å². The molecule has 1 aliphatic rings. The second-order valence-corrected chi connectivity index (χ2v) is 3.96. The summed E-state index contributed by atoms with van der Waals surface area (Å²) in [6, 6.07) is 2.13. The number of hydrogen-bond acceptors (Lipinski definition) is 4. The molecule has 12 heavy (non-hydrogen) atoms. The molecule has 0 fully saturated rings. The van der Waals surface area contributed by atoms with E-state index in [2.05, 4.69) is 11.1 Å². The summed E-state index contributed by atoms with van der Waals surface area (Å²) < 4.78 is 0. The molecule has 1 atom stereocenters. The number of aliphatic imine (C=N–C) groups is 1. The Labute approximate surface area is 75.1 Å². The maximum Gasteiger partial charge on any atom is 0.132 e. The zero-order valence-corrected chi connectivity index (χ0v) is 7.47. The molecule has 0 saturated carbocycles. The van der Waals surface area contributed by atoms with Gasteiger partial charge in [-0.1, -0.05) is 0 Å². The highest BCUT2D eigenvalue weighted by molar-refractivity contribution is 7.12. The Hall–Kier alpha value is -0.710. The van der Waals surface area contributed by atoms with Crippen LogP contribution >= 0.6 is 11.3 Å². The Bertz CT molecular complexity index is 316. The molecule has 1 aliphatic heterocycles. The quantitative estimate of drug-likeness (QED) is 0.672. The summed E-state index contributed by atoms with van der Waals surface area (Å²) in [4.78, 5) is 6.52. The van der Waals surface area contributed by atoms with E-state index in [0.29, 0.717) is 6.54 Å². The minimum absolute atomic E-state index is 0.154. The number of thiophene rings is 1. The van der Waals surface area contributed by atoms with Crippen LogP contribution in [0.25, 0.3) is 0 Å². The van der Waals surface area contributed by atoms with Crippen molar-refractivity contribution >= 4 is 17.6 Å². The highest BCUT2D eigenvalue weighted by Gasteiger charge is 2.16. The van der Waals surface area contributed by atoms with Gasteiger partial charge in [-0.15, -0.1) is 11.3 Å². The van der Waals surface area contributed by atoms with E-state index in [-0.39, 0.29) is 6.17 Å². The zero-order chi connectivity index (χ0) is 8.55. The van der Waals surface area contributed by atoms with Crippen LogP contribution in [0.5, 0.6) is 0 Å². The van der Waals surface area contributed by atoms with Crippen molar-refractivity contribution in [3.8, 4) is 0 Å². The molecule has 0 spiro atoms. The van der Waals surface area contributed by atoms with E-state index in [1.165, 1.54) is 15.3 Å². The zero-order valence-electron chi connectivity index (χ0n) is 6.66. The van der Waals surface area contributed by atoms with Crippen LogP contribution in [0.3, 0.4) is 0 Å². The minimum atomic E-state index is -0.154. The van der Waals surface area contributed by atoms with Crippen LogP contribution in [0, 0.1) is 0 Å². The van der Waals surface area contributed by atoms with Crippen LogP contribution in [0.2, 0.25) is 0 Å². The Balaban J connectivity index is 2.41. The van der Waals surface area contributed by atoms with E-state index in [1.807, 2.05) is 6.21 Å². The van der Waals surface area contributed by atoms with Crippen LogP contribution in [-0.4, -0.2) is 6.21 Å². The van der Waals surface area contributed by atoms with E-state index in [4.69, 9.17) is 11.5 Å². The van der Waals surface area contributed by atoms with Crippen LogP contribution < -0.4 is 11.5 Å². The fraction of sp³-hybridized carbons (Fsp3) is 0.375. The fourth-order valence-corrected chi connectivity index (χ4v) is 2.37. The number of rotatable bonds is 1. The van der Waals surface area contributed by atoms with E-state index in [9.17, 15) is 0 Å². The van der Waals surface area contributed by atoms with Gasteiger partial charge in [-0.2, -0.15) is 0 Å². The third kappa shape index (κ3) is 1.18. The summed E-state index contributed by atoms with van der Waals surface area (Å²) in [5, 5.41) is 0. The number of fused-ring (bicyclic) bond motifs is 1. The summed E-state index contributed by atoms with van der Waals surface area (Å²) in [5.74, 6) is 0. The molecule has 1 aromatic heterocycles. The molecule has 1 unspecified atom stereocenters. The van der Waals surface area contributed by atoms with E-state index in [0.717, 1.165) is 6.42 Å². The molecular weight excluding hydrogens is 170 g/mol. The van der Waals surface area contributed by atoms with Crippen molar-refractivity contribution in [3.05, 3.63) is 21.4 Å². The van der Waals surface area contributed by atoms with Gasteiger partial charge in [0.2, 0.25) is 0 Å². The van der Waals surface area contributed by atoms with Gasteiger partial charge >= 0.3 is 0 Å². The molecule has 0 radical (unpaired) electrons. The first kappa shape index (κ1) is 7.91. The van der Waals surface area contributed by atoms with Gasteiger partial charge in [0.05, 0.1) is 0 Å². The first-order valence-corrected chi connectivity index (χ1v) is 4.71. The normalized spacial score (nSPS) is 21.0. The SMILES string of the molecule is NCc1cc2c(s1)C(N)N=CC2. The van der Waals surface area contributed by atoms with Crippen LogP contribution in [0.1, 0.15) is 21.5 Å². The highest BCUT2D eigenvalue weighted by atomic mass is 32.1. The Morgan fingerprint density at radius 1 is 1.67 bits per heavy atom. The molecule has 4 heteroatoms. The van der Waals surface area contributed by atoms with Crippen molar-refractivity contribution < 1.29 is 0 Å². The van der Waals surface area contributed by atoms with Crippen LogP contribution in [0.4, 0.5) is 0 Å². The molecule has 0 amide bonds. The number of nitrogens with two attached hydrogens (primary N) is 2. The lowest BCUT2D eigenvalue weighted by molar-refractivity contribution is 0.774. The molecule has 3 nitrogen and oxygen atoms in total. The van der Waals surface area contributed by atoms with E-state index < -0.39 is 0 Å². The van der Waals surface area contributed by atoms with Crippen molar-refractivity contribution in [1.82, 2.24) is 0 Å². The summed E-state index contributed by atoms with van der Waals surface area (Å²) >= 11 is 1.68. The molecule has 2 heterocycles. The summed E-state index contributed by atoms with van der Waals surface area (Å²) in [7, 11) is 0. The van der Waals surface area contributed by atoms with Gasteiger partial charge in [0, 0.05) is 28.9 Å².